The average Bonchev–Trinajstić information content (AvgIpc) is 3.36. The fourth-order valence-corrected chi connectivity index (χ4v) is 4.16. The Morgan fingerprint density at radius 3 is 2.58 bits per heavy atom. The number of ketones is 1. The Labute approximate surface area is 186 Å². The predicted molar refractivity (Wildman–Crippen MR) is 116 cm³/mol. The Bertz CT molecular complexity index is 1140. The molecule has 1 aliphatic rings. The second-order valence-corrected chi connectivity index (χ2v) is 8.12. The molecule has 1 amide bonds. The lowest BCUT2D eigenvalue weighted by Crippen LogP contribution is -2.31. The molecule has 1 unspecified atom stereocenters. The number of halogens is 2. The Hall–Kier alpha value is -3.26. The third-order valence-electron chi connectivity index (χ3n) is 5.20. The quantitative estimate of drug-likeness (QED) is 0.322. The summed E-state index contributed by atoms with van der Waals surface area (Å²) in [7, 11) is 0. The van der Waals surface area contributed by atoms with Crippen LogP contribution in [0.2, 0.25) is 0 Å². The maximum atomic E-state index is 13.3. The van der Waals surface area contributed by atoms with Crippen LogP contribution in [0, 0.1) is 5.82 Å². The molecule has 1 atom stereocenters. The van der Waals surface area contributed by atoms with Gasteiger partial charge in [-0.25, -0.2) is 9.37 Å². The van der Waals surface area contributed by atoms with E-state index in [1.54, 1.807) is 12.5 Å². The van der Waals surface area contributed by atoms with E-state index in [-0.39, 0.29) is 16.9 Å². The fourth-order valence-electron chi connectivity index (χ4n) is 3.74. The number of aliphatic hydroxyl groups excluding tert-OH is 1. The summed E-state index contributed by atoms with van der Waals surface area (Å²) in [5.41, 5.74) is 0.968. The number of aromatic nitrogens is 2. The molecule has 2 aromatic carbocycles. The van der Waals surface area contributed by atoms with Crippen molar-refractivity contribution in [1.29, 1.82) is 0 Å². The highest BCUT2D eigenvalue weighted by Crippen LogP contribution is 2.40. The number of imidazole rings is 1. The van der Waals surface area contributed by atoms with Crippen LogP contribution < -0.4 is 0 Å². The Kier molecular flexibility index (Phi) is 5.99. The van der Waals surface area contributed by atoms with Crippen LogP contribution in [0.25, 0.3) is 5.76 Å². The highest BCUT2D eigenvalue weighted by molar-refractivity contribution is 9.10. The number of carbonyl (C=O) groups excluding carboxylic acids is 2. The molecule has 0 radical (unpaired) electrons. The molecule has 1 fully saturated rings. The molecule has 8 heteroatoms. The first kappa shape index (κ1) is 21.0. The van der Waals surface area contributed by atoms with Gasteiger partial charge in [0.2, 0.25) is 0 Å². The van der Waals surface area contributed by atoms with E-state index in [0.717, 1.165) is 4.47 Å². The summed E-state index contributed by atoms with van der Waals surface area (Å²) in [5.74, 6) is -2.20. The highest BCUT2D eigenvalue weighted by Gasteiger charge is 2.45. The molecule has 3 aromatic rings. The van der Waals surface area contributed by atoms with Crippen LogP contribution >= 0.6 is 15.9 Å². The van der Waals surface area contributed by atoms with Gasteiger partial charge in [0.25, 0.3) is 11.7 Å². The molecule has 6 nitrogen and oxygen atoms in total. The zero-order valence-corrected chi connectivity index (χ0v) is 18.0. The van der Waals surface area contributed by atoms with Crippen molar-refractivity contribution in [2.24, 2.45) is 0 Å². The van der Waals surface area contributed by atoms with Crippen LogP contribution in [0.1, 0.15) is 23.6 Å². The Balaban J connectivity index is 1.73. The minimum absolute atomic E-state index is 0.00246. The van der Waals surface area contributed by atoms with Gasteiger partial charge in [0.15, 0.2) is 0 Å². The van der Waals surface area contributed by atoms with E-state index in [2.05, 4.69) is 20.9 Å². The van der Waals surface area contributed by atoms with Crippen LogP contribution in [0.4, 0.5) is 4.39 Å². The van der Waals surface area contributed by atoms with E-state index >= 15 is 0 Å². The molecule has 1 aromatic heterocycles. The Morgan fingerprint density at radius 1 is 1.13 bits per heavy atom. The topological polar surface area (TPSA) is 75.4 Å². The lowest BCUT2D eigenvalue weighted by Gasteiger charge is -2.25. The number of benzene rings is 2. The van der Waals surface area contributed by atoms with Crippen LogP contribution in [0.5, 0.6) is 0 Å². The second-order valence-electron chi connectivity index (χ2n) is 7.21. The molecule has 0 aliphatic carbocycles. The van der Waals surface area contributed by atoms with Crippen molar-refractivity contribution < 1.29 is 19.1 Å². The van der Waals surface area contributed by atoms with Gasteiger partial charge in [-0.2, -0.15) is 0 Å². The van der Waals surface area contributed by atoms with Crippen molar-refractivity contribution >= 4 is 33.4 Å². The molecule has 2 heterocycles. The summed E-state index contributed by atoms with van der Waals surface area (Å²) in [6, 6.07) is 11.7. The van der Waals surface area contributed by atoms with Gasteiger partial charge in [0.05, 0.1) is 17.9 Å². The maximum Gasteiger partial charge on any atom is 0.295 e. The summed E-state index contributed by atoms with van der Waals surface area (Å²) in [5, 5.41) is 10.9. The molecule has 31 heavy (non-hydrogen) atoms. The van der Waals surface area contributed by atoms with E-state index in [0.29, 0.717) is 25.1 Å². The normalized spacial score (nSPS) is 18.0. The second kappa shape index (κ2) is 8.85. The van der Waals surface area contributed by atoms with Crippen molar-refractivity contribution in [2.75, 3.05) is 6.54 Å². The van der Waals surface area contributed by atoms with Crippen LogP contribution in [0.3, 0.4) is 0 Å². The van der Waals surface area contributed by atoms with Crippen molar-refractivity contribution in [3.63, 3.8) is 0 Å². The first-order valence-electron chi connectivity index (χ1n) is 9.71. The minimum Gasteiger partial charge on any atom is -0.507 e. The number of nitrogens with zero attached hydrogens (tertiary/aromatic N) is 3. The lowest BCUT2D eigenvalue weighted by atomic mass is 9.95. The molecule has 0 saturated carbocycles. The number of amides is 1. The third kappa shape index (κ3) is 4.29. The SMILES string of the molecule is O=C1C(=O)N(CCCn2ccnc2)C(c2cccc(Br)c2)/C1=C(\O)c1ccc(F)cc1. The predicted octanol–water partition coefficient (Wildman–Crippen LogP) is 4.30. The zero-order valence-electron chi connectivity index (χ0n) is 16.4. The lowest BCUT2D eigenvalue weighted by molar-refractivity contribution is -0.139. The number of aryl methyl sites for hydroxylation is 1. The van der Waals surface area contributed by atoms with Gasteiger partial charge in [-0.1, -0.05) is 28.1 Å². The maximum absolute atomic E-state index is 13.3. The number of Topliss-reactive ketones (excluding diaryl/α,β-unsaturated/α-hetero) is 1. The number of rotatable bonds is 6. The number of likely N-dealkylation sites (tertiary alicyclic amines) is 1. The van der Waals surface area contributed by atoms with Gasteiger partial charge < -0.3 is 14.6 Å². The van der Waals surface area contributed by atoms with Gasteiger partial charge in [-0.05, 0) is 48.4 Å². The zero-order chi connectivity index (χ0) is 22.0. The first-order chi connectivity index (χ1) is 15.0. The number of carbonyl (C=O) groups is 2. The molecular formula is C23H19BrFN3O3. The van der Waals surface area contributed by atoms with Gasteiger partial charge >= 0.3 is 0 Å². The monoisotopic (exact) mass is 483 g/mol. The molecule has 4 rings (SSSR count). The summed E-state index contributed by atoms with van der Waals surface area (Å²) in [6.07, 6.45) is 5.80. The van der Waals surface area contributed by atoms with Crippen LogP contribution in [0.15, 0.2) is 77.3 Å². The number of hydrogen-bond acceptors (Lipinski definition) is 4. The summed E-state index contributed by atoms with van der Waals surface area (Å²) < 4.78 is 16.0. The molecule has 0 bridgehead atoms. The molecular weight excluding hydrogens is 465 g/mol. The Morgan fingerprint density at radius 2 is 1.90 bits per heavy atom. The van der Waals surface area contributed by atoms with Crippen LogP contribution in [-0.4, -0.2) is 37.8 Å². The van der Waals surface area contributed by atoms with Crippen molar-refractivity contribution in [2.45, 2.75) is 19.0 Å². The largest absolute Gasteiger partial charge is 0.507 e. The van der Waals surface area contributed by atoms with Gasteiger partial charge in [-0.15, -0.1) is 0 Å². The van der Waals surface area contributed by atoms with Gasteiger partial charge in [-0.3, -0.25) is 9.59 Å². The smallest absolute Gasteiger partial charge is 0.295 e. The van der Waals surface area contributed by atoms with Gasteiger partial charge in [0, 0.05) is 35.5 Å². The standard InChI is InChI=1S/C23H19BrFN3O3/c24-17-4-1-3-16(13-17)20-19(21(29)15-5-7-18(25)8-6-15)22(30)23(31)28(20)11-2-10-27-12-9-26-14-27/h1,3-9,12-14,20,29H,2,10-11H2/b21-19+. The minimum atomic E-state index is -0.755. The summed E-state index contributed by atoms with van der Waals surface area (Å²) in [6.45, 7) is 0.951. The molecule has 1 saturated heterocycles. The summed E-state index contributed by atoms with van der Waals surface area (Å²) >= 11 is 3.43. The first-order valence-corrected chi connectivity index (χ1v) is 10.5. The van der Waals surface area contributed by atoms with E-state index in [9.17, 15) is 19.1 Å². The molecule has 1 aliphatic heterocycles. The fraction of sp³-hybridized carbons (Fsp3) is 0.174. The van der Waals surface area contributed by atoms with E-state index in [4.69, 9.17) is 0 Å². The van der Waals surface area contributed by atoms with E-state index < -0.39 is 23.5 Å². The van der Waals surface area contributed by atoms with E-state index in [1.165, 1.54) is 29.2 Å². The van der Waals surface area contributed by atoms with Crippen molar-refractivity contribution in [1.82, 2.24) is 14.5 Å². The average molecular weight is 484 g/mol. The van der Waals surface area contributed by atoms with Crippen LogP contribution in [-0.2, 0) is 16.1 Å². The highest BCUT2D eigenvalue weighted by atomic mass is 79.9. The van der Waals surface area contributed by atoms with E-state index in [1.807, 2.05) is 35.0 Å². The van der Waals surface area contributed by atoms with Gasteiger partial charge in [0.1, 0.15) is 11.6 Å². The van der Waals surface area contributed by atoms with Crippen molar-refractivity contribution in [3.8, 4) is 0 Å². The third-order valence-corrected chi connectivity index (χ3v) is 5.69. The van der Waals surface area contributed by atoms with Crippen molar-refractivity contribution in [3.05, 3.63) is 94.2 Å². The molecule has 158 valence electrons. The molecule has 1 N–H and O–H groups in total. The number of aliphatic hydroxyl groups is 1. The molecule has 0 spiro atoms. The summed E-state index contributed by atoms with van der Waals surface area (Å²) in [4.78, 5) is 31.3. The number of hydrogen-bond donors (Lipinski definition) is 1.